The monoisotopic (exact) mass is 332 g/mol. The van der Waals surface area contributed by atoms with Crippen LogP contribution in [0.5, 0.6) is 0 Å². The maximum Gasteiger partial charge on any atom is 0.407 e. The molecule has 2 amide bonds. The summed E-state index contributed by atoms with van der Waals surface area (Å²) in [6, 6.07) is 0.927. The fourth-order valence-electron chi connectivity index (χ4n) is 1.58. The van der Waals surface area contributed by atoms with Crippen LogP contribution in [0.1, 0.15) is 33.6 Å². The second-order valence-corrected chi connectivity index (χ2v) is 5.83. The highest BCUT2D eigenvalue weighted by atomic mass is 19.2. The summed E-state index contributed by atoms with van der Waals surface area (Å²) in [4.78, 5) is 22.9. The zero-order chi connectivity index (χ0) is 17.6. The summed E-state index contributed by atoms with van der Waals surface area (Å²) in [7, 11) is 0. The normalized spacial score (nSPS) is 11.0. The van der Waals surface area contributed by atoms with Crippen LogP contribution in [-0.4, -0.2) is 24.1 Å². The summed E-state index contributed by atoms with van der Waals surface area (Å²) >= 11 is 0. The van der Waals surface area contributed by atoms with E-state index in [0.29, 0.717) is 12.1 Å². The Morgan fingerprint density at radius 3 is 2.30 bits per heavy atom. The van der Waals surface area contributed by atoms with Crippen molar-refractivity contribution in [2.45, 2.75) is 39.2 Å². The molecule has 1 aromatic rings. The van der Waals surface area contributed by atoms with Gasteiger partial charge in [0.25, 0.3) is 0 Å². The number of hydrogen-bond donors (Lipinski definition) is 2. The van der Waals surface area contributed by atoms with Gasteiger partial charge in [-0.15, -0.1) is 0 Å². The van der Waals surface area contributed by atoms with Crippen molar-refractivity contribution in [3.8, 4) is 0 Å². The molecule has 1 rings (SSSR count). The molecule has 2 N–H and O–H groups in total. The molecule has 0 aromatic heterocycles. The largest absolute Gasteiger partial charge is 0.444 e. The molecule has 5 nitrogen and oxygen atoms in total. The topological polar surface area (TPSA) is 67.4 Å². The Balaban J connectivity index is 2.36. The van der Waals surface area contributed by atoms with Gasteiger partial charge in [-0.05, 0) is 27.2 Å². The number of nitrogens with one attached hydrogen (secondary N) is 2. The molecule has 0 spiro atoms. The van der Waals surface area contributed by atoms with Gasteiger partial charge in [0.15, 0.2) is 11.6 Å². The van der Waals surface area contributed by atoms with Crippen LogP contribution in [-0.2, 0) is 9.53 Å². The Hall–Kier alpha value is -2.25. The highest BCUT2D eigenvalue weighted by molar-refractivity contribution is 5.90. The van der Waals surface area contributed by atoms with E-state index in [9.17, 15) is 22.8 Å². The number of benzene rings is 1. The van der Waals surface area contributed by atoms with Crippen LogP contribution in [0.2, 0.25) is 0 Å². The average Bonchev–Trinajstić information content (AvgIpc) is 2.39. The second-order valence-electron chi connectivity index (χ2n) is 5.83. The van der Waals surface area contributed by atoms with E-state index in [1.807, 2.05) is 0 Å². The predicted molar refractivity (Wildman–Crippen MR) is 78.4 cm³/mol. The molecule has 0 aliphatic rings. The maximum atomic E-state index is 13.3. The molecule has 0 radical (unpaired) electrons. The van der Waals surface area contributed by atoms with Gasteiger partial charge in [0.1, 0.15) is 11.4 Å². The number of anilines is 1. The first kappa shape index (κ1) is 18.8. The predicted octanol–water partition coefficient (Wildman–Crippen LogP) is 3.35. The molecular formula is C15H19F3N2O3. The van der Waals surface area contributed by atoms with Gasteiger partial charge < -0.3 is 15.4 Å². The average molecular weight is 332 g/mol. The molecule has 0 saturated heterocycles. The van der Waals surface area contributed by atoms with E-state index >= 15 is 0 Å². The van der Waals surface area contributed by atoms with Crippen molar-refractivity contribution in [2.75, 3.05) is 11.9 Å². The molecule has 0 atom stereocenters. The molecule has 8 heteroatoms. The van der Waals surface area contributed by atoms with Crippen molar-refractivity contribution < 1.29 is 27.5 Å². The smallest absolute Gasteiger partial charge is 0.407 e. The summed E-state index contributed by atoms with van der Waals surface area (Å²) in [5, 5.41) is 4.60. The number of rotatable bonds is 5. The Labute approximate surface area is 132 Å². The number of halogens is 3. The number of carbonyl (C=O) groups excluding carboxylic acids is 2. The van der Waals surface area contributed by atoms with Crippen molar-refractivity contribution >= 4 is 17.7 Å². The van der Waals surface area contributed by atoms with Crippen molar-refractivity contribution in [3.05, 3.63) is 29.6 Å². The first-order valence-electron chi connectivity index (χ1n) is 7.00. The number of carbonyl (C=O) groups is 2. The van der Waals surface area contributed by atoms with Crippen molar-refractivity contribution in [2.24, 2.45) is 0 Å². The minimum absolute atomic E-state index is 0.0335. The summed E-state index contributed by atoms with van der Waals surface area (Å²) in [5.74, 6) is -4.24. The molecule has 0 fully saturated rings. The standard InChI is InChI=1S/C15H19F3N2O3/c1-15(2,3)23-14(22)19-6-4-5-13(21)20-12-8-10(17)9(16)7-11(12)18/h7-8H,4-6H2,1-3H3,(H,19,22)(H,20,21). The van der Waals surface area contributed by atoms with Crippen LogP contribution in [0.25, 0.3) is 0 Å². The first-order chi connectivity index (χ1) is 10.6. The summed E-state index contributed by atoms with van der Waals surface area (Å²) in [6.45, 7) is 5.34. The lowest BCUT2D eigenvalue weighted by molar-refractivity contribution is -0.116. The first-order valence-corrected chi connectivity index (χ1v) is 7.00. The van der Waals surface area contributed by atoms with E-state index in [2.05, 4.69) is 10.6 Å². The zero-order valence-corrected chi connectivity index (χ0v) is 13.1. The lowest BCUT2D eigenvalue weighted by Crippen LogP contribution is -2.33. The number of ether oxygens (including phenoxy) is 1. The summed E-state index contributed by atoms with van der Waals surface area (Å²) < 4.78 is 44.1. The molecule has 0 bridgehead atoms. The minimum atomic E-state index is -1.33. The molecule has 1 aromatic carbocycles. The molecule has 0 heterocycles. The molecule has 0 unspecified atom stereocenters. The molecular weight excluding hydrogens is 313 g/mol. The van der Waals surface area contributed by atoms with Crippen LogP contribution >= 0.6 is 0 Å². The van der Waals surface area contributed by atoms with Gasteiger partial charge in [-0.3, -0.25) is 4.79 Å². The number of hydrogen-bond acceptors (Lipinski definition) is 3. The van der Waals surface area contributed by atoms with E-state index in [1.54, 1.807) is 20.8 Å². The number of alkyl carbamates (subject to hydrolysis) is 1. The van der Waals surface area contributed by atoms with E-state index in [0.717, 1.165) is 0 Å². The van der Waals surface area contributed by atoms with Gasteiger partial charge in [0.2, 0.25) is 5.91 Å². The second kappa shape index (κ2) is 7.85. The van der Waals surface area contributed by atoms with E-state index in [4.69, 9.17) is 4.74 Å². The Morgan fingerprint density at radius 2 is 1.70 bits per heavy atom. The molecule has 0 aliphatic carbocycles. The van der Waals surface area contributed by atoms with Crippen LogP contribution in [0.4, 0.5) is 23.7 Å². The summed E-state index contributed by atoms with van der Waals surface area (Å²) in [5.41, 5.74) is -1.06. The Morgan fingerprint density at radius 1 is 1.09 bits per heavy atom. The van der Waals surface area contributed by atoms with Gasteiger partial charge in [0, 0.05) is 25.1 Å². The van der Waals surface area contributed by atoms with E-state index in [1.165, 1.54) is 0 Å². The fourth-order valence-corrected chi connectivity index (χ4v) is 1.58. The van der Waals surface area contributed by atoms with Crippen LogP contribution in [0.15, 0.2) is 12.1 Å². The minimum Gasteiger partial charge on any atom is -0.444 e. The Kier molecular flexibility index (Phi) is 6.41. The van der Waals surface area contributed by atoms with E-state index in [-0.39, 0.29) is 19.4 Å². The molecule has 23 heavy (non-hydrogen) atoms. The lowest BCUT2D eigenvalue weighted by Gasteiger charge is -2.19. The SMILES string of the molecule is CC(C)(C)OC(=O)NCCCC(=O)Nc1cc(F)c(F)cc1F. The van der Waals surface area contributed by atoms with Crippen LogP contribution < -0.4 is 10.6 Å². The quantitative estimate of drug-likeness (QED) is 0.642. The van der Waals surface area contributed by atoms with Gasteiger partial charge >= 0.3 is 6.09 Å². The third kappa shape index (κ3) is 7.03. The Bertz CT molecular complexity index is 586. The van der Waals surface area contributed by atoms with Crippen molar-refractivity contribution in [1.82, 2.24) is 5.32 Å². The zero-order valence-electron chi connectivity index (χ0n) is 13.1. The highest BCUT2D eigenvalue weighted by Gasteiger charge is 2.16. The third-order valence-corrected chi connectivity index (χ3v) is 2.53. The van der Waals surface area contributed by atoms with Crippen LogP contribution in [0.3, 0.4) is 0 Å². The number of amides is 2. The van der Waals surface area contributed by atoms with Gasteiger partial charge in [-0.2, -0.15) is 0 Å². The highest BCUT2D eigenvalue weighted by Crippen LogP contribution is 2.18. The van der Waals surface area contributed by atoms with Crippen molar-refractivity contribution in [1.29, 1.82) is 0 Å². The van der Waals surface area contributed by atoms with Gasteiger partial charge in [-0.25, -0.2) is 18.0 Å². The summed E-state index contributed by atoms with van der Waals surface area (Å²) in [6.07, 6.45) is -0.366. The lowest BCUT2D eigenvalue weighted by atomic mass is 10.2. The van der Waals surface area contributed by atoms with E-state index < -0.39 is 40.7 Å². The van der Waals surface area contributed by atoms with Crippen molar-refractivity contribution in [3.63, 3.8) is 0 Å². The molecule has 0 saturated carbocycles. The van der Waals surface area contributed by atoms with Gasteiger partial charge in [0.05, 0.1) is 5.69 Å². The third-order valence-electron chi connectivity index (χ3n) is 2.53. The van der Waals surface area contributed by atoms with Gasteiger partial charge in [-0.1, -0.05) is 0 Å². The fraction of sp³-hybridized carbons (Fsp3) is 0.467. The maximum absolute atomic E-state index is 13.3. The molecule has 0 aliphatic heterocycles. The molecule has 128 valence electrons. The van der Waals surface area contributed by atoms with Crippen LogP contribution in [0, 0.1) is 17.5 Å².